The summed E-state index contributed by atoms with van der Waals surface area (Å²) >= 11 is 0. The van der Waals surface area contributed by atoms with Crippen molar-refractivity contribution in [3.8, 4) is 0 Å². The van der Waals surface area contributed by atoms with Crippen molar-refractivity contribution in [2.24, 2.45) is 11.7 Å². The number of carbonyl (C=O) groups is 2. The lowest BCUT2D eigenvalue weighted by Crippen LogP contribution is -2.53. The fourth-order valence-electron chi connectivity index (χ4n) is 5.44. The Kier molecular flexibility index (Phi) is 10.5. The molecule has 39 heavy (non-hydrogen) atoms. The van der Waals surface area contributed by atoms with Gasteiger partial charge in [-0.3, -0.25) is 15.0 Å². The fraction of sp³-hybridized carbons (Fsp3) is 0.444. The minimum atomic E-state index is -3.74. The first-order chi connectivity index (χ1) is 18.2. The number of nitrogens with one attached hydrogen (secondary N) is 3. The second kappa shape index (κ2) is 13.4. The van der Waals surface area contributed by atoms with Crippen molar-refractivity contribution in [1.29, 1.82) is 5.41 Å². The largest absolute Gasteiger partial charge is 0.384 e. The van der Waals surface area contributed by atoms with Gasteiger partial charge in [-0.1, -0.05) is 54.6 Å². The lowest BCUT2D eigenvalue weighted by atomic mass is 9.83. The van der Waals surface area contributed by atoms with Gasteiger partial charge in [0.05, 0.1) is 18.4 Å². The first-order valence-corrected chi connectivity index (χ1v) is 14.4. The van der Waals surface area contributed by atoms with Crippen LogP contribution in [0, 0.1) is 11.3 Å². The third-order valence-electron chi connectivity index (χ3n) is 7.43. The van der Waals surface area contributed by atoms with Gasteiger partial charge in [-0.25, -0.2) is 13.1 Å². The van der Waals surface area contributed by atoms with Crippen LogP contribution in [-0.2, 0) is 36.6 Å². The summed E-state index contributed by atoms with van der Waals surface area (Å²) in [7, 11) is -2.10. The van der Waals surface area contributed by atoms with Crippen molar-refractivity contribution in [1.82, 2.24) is 14.9 Å². The maximum absolute atomic E-state index is 13.4. The van der Waals surface area contributed by atoms with Gasteiger partial charge < -0.3 is 20.7 Å². The minimum Gasteiger partial charge on any atom is -0.384 e. The van der Waals surface area contributed by atoms with E-state index in [2.05, 4.69) is 10.0 Å². The van der Waals surface area contributed by atoms with Crippen LogP contribution < -0.4 is 15.8 Å². The monoisotopic (exact) mass is 577 g/mol. The van der Waals surface area contributed by atoms with E-state index in [9.17, 15) is 18.0 Å². The summed E-state index contributed by atoms with van der Waals surface area (Å²) in [5.41, 5.74) is 7.56. The van der Waals surface area contributed by atoms with Crippen LogP contribution >= 0.6 is 12.4 Å². The van der Waals surface area contributed by atoms with Crippen LogP contribution in [0.4, 0.5) is 0 Å². The van der Waals surface area contributed by atoms with Gasteiger partial charge >= 0.3 is 0 Å². The summed E-state index contributed by atoms with van der Waals surface area (Å²) in [6.45, 7) is -0.151. The molecule has 10 nitrogen and oxygen atoms in total. The van der Waals surface area contributed by atoms with Gasteiger partial charge in [0.2, 0.25) is 21.8 Å². The minimum absolute atomic E-state index is 0. The number of hydrogen-bond donors (Lipinski definition) is 4. The van der Waals surface area contributed by atoms with Crippen molar-refractivity contribution >= 4 is 40.1 Å². The molecule has 1 saturated carbocycles. The average Bonchev–Trinajstić information content (AvgIpc) is 3.30. The number of nitrogen functional groups attached to an aromatic ring is 1. The molecule has 0 unspecified atom stereocenters. The van der Waals surface area contributed by atoms with Crippen molar-refractivity contribution in [2.45, 2.75) is 56.2 Å². The number of benzene rings is 2. The van der Waals surface area contributed by atoms with Crippen LogP contribution in [0.5, 0.6) is 0 Å². The molecule has 2 fully saturated rings. The van der Waals surface area contributed by atoms with E-state index < -0.39 is 28.5 Å². The molecule has 12 heteroatoms. The Hall–Kier alpha value is -2.99. The molecule has 4 atom stereocenters. The molecule has 2 aliphatic rings. The van der Waals surface area contributed by atoms with Gasteiger partial charge in [0.1, 0.15) is 11.9 Å². The van der Waals surface area contributed by atoms with Crippen LogP contribution in [-0.4, -0.2) is 62.8 Å². The van der Waals surface area contributed by atoms with E-state index in [0.717, 1.165) is 18.4 Å². The summed E-state index contributed by atoms with van der Waals surface area (Å²) < 4.78 is 33.3. The smallest absolute Gasteiger partial charge is 0.243 e. The number of fused-ring (bicyclic) bond motifs is 1. The molecule has 2 amide bonds. The molecule has 1 heterocycles. The molecule has 0 bridgehead atoms. The average molecular weight is 578 g/mol. The second-order valence-electron chi connectivity index (χ2n) is 9.94. The molecule has 212 valence electrons. The number of nitrogens with two attached hydrogens (primary N) is 1. The maximum Gasteiger partial charge on any atom is 0.243 e. The second-order valence-corrected chi connectivity index (χ2v) is 11.8. The predicted octanol–water partition coefficient (Wildman–Crippen LogP) is 1.91. The summed E-state index contributed by atoms with van der Waals surface area (Å²) in [6, 6.07) is 14.9. The molecule has 0 aromatic heterocycles. The Labute approximate surface area is 235 Å². The number of sulfonamides is 1. The SMILES string of the molecule is CO[C@H]1CC[C@@H]2C[C@@H](C(=O)NCc3ccc(C(=N)N)cc3)N(C(=O)CNS(=O)(=O)Cc3ccccc3)[C@@H]2C1.Cl. The highest BCUT2D eigenvalue weighted by Gasteiger charge is 2.49. The number of nitrogens with zero attached hydrogens (tertiary/aromatic N) is 1. The van der Waals surface area contributed by atoms with E-state index in [-0.39, 0.29) is 54.5 Å². The van der Waals surface area contributed by atoms with E-state index in [1.165, 1.54) is 0 Å². The van der Waals surface area contributed by atoms with Crippen molar-refractivity contribution in [2.75, 3.05) is 13.7 Å². The van der Waals surface area contributed by atoms with Gasteiger partial charge in [-0.2, -0.15) is 0 Å². The van der Waals surface area contributed by atoms with Crippen LogP contribution in [0.3, 0.4) is 0 Å². The van der Waals surface area contributed by atoms with E-state index in [4.69, 9.17) is 15.9 Å². The summed E-state index contributed by atoms with van der Waals surface area (Å²) in [6.07, 6.45) is 2.82. The molecule has 5 N–H and O–H groups in total. The zero-order valence-electron chi connectivity index (χ0n) is 21.8. The number of rotatable bonds is 10. The number of carbonyl (C=O) groups excluding carboxylic acids is 2. The molecule has 1 saturated heterocycles. The van der Waals surface area contributed by atoms with E-state index in [1.807, 2.05) is 0 Å². The van der Waals surface area contributed by atoms with Crippen LogP contribution in [0.1, 0.15) is 42.4 Å². The van der Waals surface area contributed by atoms with Crippen LogP contribution in [0.15, 0.2) is 54.6 Å². The molecule has 0 radical (unpaired) electrons. The van der Waals surface area contributed by atoms with E-state index >= 15 is 0 Å². The van der Waals surface area contributed by atoms with Crippen LogP contribution in [0.2, 0.25) is 0 Å². The molecule has 1 aliphatic carbocycles. The molecule has 0 spiro atoms. The molecular weight excluding hydrogens is 542 g/mol. The Balaban J connectivity index is 0.00000420. The Morgan fingerprint density at radius 1 is 1.05 bits per heavy atom. The van der Waals surface area contributed by atoms with Gasteiger partial charge in [-0.05, 0) is 42.7 Å². The highest BCUT2D eigenvalue weighted by Crippen LogP contribution is 2.40. The number of ether oxygens (including phenoxy) is 1. The number of methoxy groups -OCH3 is 1. The summed E-state index contributed by atoms with van der Waals surface area (Å²) in [5.74, 6) is -0.805. The normalized spacial score (nSPS) is 22.4. The lowest BCUT2D eigenvalue weighted by molar-refractivity contribution is -0.140. The first-order valence-electron chi connectivity index (χ1n) is 12.7. The van der Waals surface area contributed by atoms with Crippen molar-refractivity contribution in [3.05, 3.63) is 71.3 Å². The third kappa shape index (κ3) is 7.78. The van der Waals surface area contributed by atoms with Crippen molar-refractivity contribution in [3.63, 3.8) is 0 Å². The number of hydrogen-bond acceptors (Lipinski definition) is 6. The third-order valence-corrected chi connectivity index (χ3v) is 8.72. The topological polar surface area (TPSA) is 155 Å². The number of halogens is 1. The summed E-state index contributed by atoms with van der Waals surface area (Å²) in [4.78, 5) is 28.3. The van der Waals surface area contributed by atoms with E-state index in [1.54, 1.807) is 66.6 Å². The van der Waals surface area contributed by atoms with E-state index in [0.29, 0.717) is 24.0 Å². The fourth-order valence-corrected chi connectivity index (χ4v) is 6.52. The first kappa shape index (κ1) is 30.6. The van der Waals surface area contributed by atoms with Gasteiger partial charge in [-0.15, -0.1) is 12.4 Å². The van der Waals surface area contributed by atoms with Gasteiger partial charge in [0.15, 0.2) is 0 Å². The molecule has 2 aromatic rings. The highest BCUT2D eigenvalue weighted by molar-refractivity contribution is 7.88. The zero-order chi connectivity index (χ0) is 27.3. The number of amidine groups is 1. The van der Waals surface area contributed by atoms with Gasteiger partial charge in [0.25, 0.3) is 0 Å². The number of likely N-dealkylation sites (tertiary alicyclic amines) is 1. The lowest BCUT2D eigenvalue weighted by Gasteiger charge is -2.36. The standard InChI is InChI=1S/C27H35N5O5S.ClH/c1-37-22-12-11-21-13-24(27(34)30-15-18-7-9-20(10-8-18)26(28)29)32(23(21)14-22)25(33)16-31-38(35,36)17-19-5-3-2-4-6-19;/h2-10,21-24,31H,11-17H2,1H3,(H3,28,29)(H,30,34);1H/t21-,22+,23-,24+;/m1./s1. The Morgan fingerprint density at radius 2 is 1.74 bits per heavy atom. The molecule has 1 aliphatic heterocycles. The van der Waals surface area contributed by atoms with Crippen molar-refractivity contribution < 1.29 is 22.7 Å². The van der Waals surface area contributed by atoms with Crippen LogP contribution in [0.25, 0.3) is 0 Å². The Morgan fingerprint density at radius 3 is 2.38 bits per heavy atom. The molecule has 2 aromatic carbocycles. The Bertz CT molecular complexity index is 1260. The summed E-state index contributed by atoms with van der Waals surface area (Å²) in [5, 5.41) is 10.4. The molecule has 4 rings (SSSR count). The highest BCUT2D eigenvalue weighted by atomic mass is 35.5. The maximum atomic E-state index is 13.4. The zero-order valence-corrected chi connectivity index (χ0v) is 23.5. The predicted molar refractivity (Wildman–Crippen MR) is 151 cm³/mol. The quantitative estimate of drug-likeness (QED) is 0.250. The number of amides is 2. The van der Waals surface area contributed by atoms with Gasteiger partial charge in [0, 0.05) is 25.3 Å². The molecular formula is C27H36ClN5O5S.